The largest absolute Gasteiger partial charge is 0.321 e. The zero-order valence-electron chi connectivity index (χ0n) is 11.0. The van der Waals surface area contributed by atoms with E-state index in [0.717, 1.165) is 4.88 Å². The Labute approximate surface area is 125 Å². The average molecular weight is 299 g/mol. The predicted octanol–water partition coefficient (Wildman–Crippen LogP) is 1.97. The van der Waals surface area contributed by atoms with Crippen molar-refractivity contribution in [2.24, 2.45) is 5.73 Å². The molecule has 3 rings (SSSR count). The summed E-state index contributed by atoms with van der Waals surface area (Å²) < 4.78 is 1.59. The monoisotopic (exact) mass is 299 g/mol. The van der Waals surface area contributed by atoms with Gasteiger partial charge in [0.05, 0.1) is 5.69 Å². The first kappa shape index (κ1) is 13.5. The maximum atomic E-state index is 12.2. The number of carbonyl (C=O) groups excluding carboxylic acids is 1. The topological polar surface area (TPSA) is 85.8 Å². The van der Waals surface area contributed by atoms with E-state index in [4.69, 9.17) is 5.73 Å². The number of pyridine rings is 1. The molecule has 3 aromatic heterocycles. The van der Waals surface area contributed by atoms with E-state index in [1.54, 1.807) is 41.5 Å². The van der Waals surface area contributed by atoms with Crippen molar-refractivity contribution in [3.63, 3.8) is 0 Å². The number of nitrogens with two attached hydrogens (primary N) is 1. The number of nitrogens with one attached hydrogen (secondary N) is 1. The highest BCUT2D eigenvalue weighted by molar-refractivity contribution is 7.10. The van der Waals surface area contributed by atoms with Gasteiger partial charge in [-0.2, -0.15) is 5.10 Å². The Kier molecular flexibility index (Phi) is 3.76. The molecule has 1 amide bonds. The summed E-state index contributed by atoms with van der Waals surface area (Å²) in [6.45, 7) is 0. The third kappa shape index (κ3) is 2.83. The summed E-state index contributed by atoms with van der Waals surface area (Å²) >= 11 is 1.45. The fourth-order valence-corrected chi connectivity index (χ4v) is 2.60. The van der Waals surface area contributed by atoms with Crippen molar-refractivity contribution in [2.75, 3.05) is 5.32 Å². The second-order valence-corrected chi connectivity index (χ2v) is 5.29. The first-order valence-electron chi connectivity index (χ1n) is 6.30. The van der Waals surface area contributed by atoms with E-state index in [9.17, 15) is 4.79 Å². The molecule has 0 aliphatic heterocycles. The highest BCUT2D eigenvalue weighted by atomic mass is 32.1. The maximum Gasteiger partial charge on any atom is 0.246 e. The highest BCUT2D eigenvalue weighted by Crippen LogP contribution is 2.21. The van der Waals surface area contributed by atoms with E-state index in [2.05, 4.69) is 15.4 Å². The lowest BCUT2D eigenvalue weighted by Gasteiger charge is -2.13. The Balaban J connectivity index is 1.84. The standard InChI is InChI=1S/C14H13N5OS/c15-12(11-5-2-9-21-11)14(20)18-10-4-1-6-16-13(10)19-8-3-7-17-19/h1-9,12H,15H2,(H,18,20). The first-order chi connectivity index (χ1) is 10.3. The molecular weight excluding hydrogens is 286 g/mol. The molecule has 21 heavy (non-hydrogen) atoms. The summed E-state index contributed by atoms with van der Waals surface area (Å²) in [4.78, 5) is 17.3. The molecule has 0 bridgehead atoms. The van der Waals surface area contributed by atoms with Crippen LogP contribution in [-0.4, -0.2) is 20.7 Å². The quantitative estimate of drug-likeness (QED) is 0.771. The van der Waals surface area contributed by atoms with Crippen molar-refractivity contribution in [1.29, 1.82) is 0 Å². The number of aromatic nitrogens is 3. The normalized spacial score (nSPS) is 12.0. The second kappa shape index (κ2) is 5.86. The molecule has 3 aromatic rings. The first-order valence-corrected chi connectivity index (χ1v) is 7.18. The molecule has 0 fully saturated rings. The average Bonchev–Trinajstić information content (AvgIpc) is 3.20. The minimum atomic E-state index is -0.698. The molecule has 0 saturated heterocycles. The zero-order chi connectivity index (χ0) is 14.7. The highest BCUT2D eigenvalue weighted by Gasteiger charge is 2.18. The van der Waals surface area contributed by atoms with Crippen molar-refractivity contribution in [1.82, 2.24) is 14.8 Å². The minimum Gasteiger partial charge on any atom is -0.321 e. The van der Waals surface area contributed by atoms with E-state index < -0.39 is 6.04 Å². The Morgan fingerprint density at radius 2 is 2.19 bits per heavy atom. The van der Waals surface area contributed by atoms with Gasteiger partial charge >= 0.3 is 0 Å². The van der Waals surface area contributed by atoms with E-state index in [1.165, 1.54) is 11.3 Å². The van der Waals surface area contributed by atoms with Crippen LogP contribution in [0.3, 0.4) is 0 Å². The van der Waals surface area contributed by atoms with Crippen molar-refractivity contribution < 1.29 is 4.79 Å². The summed E-state index contributed by atoms with van der Waals surface area (Å²) in [5.41, 5.74) is 6.52. The number of rotatable bonds is 4. The van der Waals surface area contributed by atoms with Crippen LogP contribution in [0.5, 0.6) is 0 Å². The number of thiophene rings is 1. The van der Waals surface area contributed by atoms with Crippen LogP contribution in [0.1, 0.15) is 10.9 Å². The molecule has 0 spiro atoms. The lowest BCUT2D eigenvalue weighted by Crippen LogP contribution is -2.27. The van der Waals surface area contributed by atoms with Gasteiger partial charge in [0.2, 0.25) is 5.91 Å². The fraction of sp³-hybridized carbons (Fsp3) is 0.0714. The molecule has 6 nitrogen and oxygen atoms in total. The number of hydrogen-bond donors (Lipinski definition) is 2. The summed E-state index contributed by atoms with van der Waals surface area (Å²) in [5.74, 6) is 0.271. The molecule has 0 aromatic carbocycles. The molecule has 3 N–H and O–H groups in total. The van der Waals surface area contributed by atoms with Crippen LogP contribution in [0.2, 0.25) is 0 Å². The van der Waals surface area contributed by atoms with Gasteiger partial charge in [0, 0.05) is 23.5 Å². The Bertz CT molecular complexity index is 724. The molecule has 106 valence electrons. The zero-order valence-corrected chi connectivity index (χ0v) is 11.8. The van der Waals surface area contributed by atoms with E-state index >= 15 is 0 Å². The molecule has 0 aliphatic carbocycles. The molecule has 1 unspecified atom stereocenters. The van der Waals surface area contributed by atoms with Crippen LogP contribution in [0, 0.1) is 0 Å². The van der Waals surface area contributed by atoms with Crippen molar-refractivity contribution in [3.05, 3.63) is 59.2 Å². The van der Waals surface area contributed by atoms with Gasteiger partial charge in [0.15, 0.2) is 5.82 Å². The van der Waals surface area contributed by atoms with Crippen molar-refractivity contribution in [2.45, 2.75) is 6.04 Å². The van der Waals surface area contributed by atoms with Gasteiger partial charge in [-0.25, -0.2) is 9.67 Å². The lowest BCUT2D eigenvalue weighted by atomic mass is 10.2. The van der Waals surface area contributed by atoms with E-state index in [-0.39, 0.29) is 5.91 Å². The Morgan fingerprint density at radius 3 is 2.90 bits per heavy atom. The second-order valence-electron chi connectivity index (χ2n) is 4.31. The third-order valence-electron chi connectivity index (χ3n) is 2.90. The third-order valence-corrected chi connectivity index (χ3v) is 3.85. The number of amides is 1. The van der Waals surface area contributed by atoms with Crippen LogP contribution < -0.4 is 11.1 Å². The Morgan fingerprint density at radius 1 is 1.29 bits per heavy atom. The van der Waals surface area contributed by atoms with Gasteiger partial charge in [-0.3, -0.25) is 4.79 Å². The SMILES string of the molecule is NC(C(=O)Nc1cccnc1-n1cccn1)c1cccs1. The molecule has 1 atom stereocenters. The van der Waals surface area contributed by atoms with E-state index in [0.29, 0.717) is 11.5 Å². The van der Waals surface area contributed by atoms with Gasteiger partial charge in [0.25, 0.3) is 0 Å². The minimum absolute atomic E-state index is 0.279. The summed E-state index contributed by atoms with van der Waals surface area (Å²) in [5, 5.41) is 8.82. The smallest absolute Gasteiger partial charge is 0.246 e. The lowest BCUT2D eigenvalue weighted by molar-refractivity contribution is -0.117. The van der Waals surface area contributed by atoms with Gasteiger partial charge in [-0.05, 0) is 29.6 Å². The number of carbonyl (C=O) groups is 1. The van der Waals surface area contributed by atoms with Crippen LogP contribution >= 0.6 is 11.3 Å². The molecule has 3 heterocycles. The Hall–Kier alpha value is -2.51. The number of nitrogens with zero attached hydrogens (tertiary/aromatic N) is 3. The molecule has 0 aliphatic rings. The van der Waals surface area contributed by atoms with Crippen LogP contribution in [0.25, 0.3) is 5.82 Å². The van der Waals surface area contributed by atoms with Crippen LogP contribution in [0.4, 0.5) is 5.69 Å². The van der Waals surface area contributed by atoms with Gasteiger partial charge in [-0.1, -0.05) is 6.07 Å². The van der Waals surface area contributed by atoms with Crippen LogP contribution in [0.15, 0.2) is 54.3 Å². The van der Waals surface area contributed by atoms with Gasteiger partial charge in [0.1, 0.15) is 6.04 Å². The maximum absolute atomic E-state index is 12.2. The molecule has 7 heteroatoms. The summed E-state index contributed by atoms with van der Waals surface area (Å²) in [6.07, 6.45) is 5.06. The van der Waals surface area contributed by atoms with Gasteiger partial charge < -0.3 is 11.1 Å². The number of anilines is 1. The summed E-state index contributed by atoms with van der Waals surface area (Å²) in [7, 11) is 0. The molecule has 0 radical (unpaired) electrons. The predicted molar refractivity (Wildman–Crippen MR) is 81.2 cm³/mol. The number of hydrogen-bond acceptors (Lipinski definition) is 5. The molecule has 0 saturated carbocycles. The van der Waals surface area contributed by atoms with Crippen molar-refractivity contribution in [3.8, 4) is 5.82 Å². The molecular formula is C14H13N5OS. The van der Waals surface area contributed by atoms with Crippen molar-refractivity contribution >= 4 is 22.9 Å². The van der Waals surface area contributed by atoms with E-state index in [1.807, 2.05) is 17.5 Å². The fourth-order valence-electron chi connectivity index (χ4n) is 1.88. The van der Waals surface area contributed by atoms with Crippen LogP contribution in [-0.2, 0) is 4.79 Å². The summed E-state index contributed by atoms with van der Waals surface area (Å²) in [6, 6.07) is 8.31. The van der Waals surface area contributed by atoms with Gasteiger partial charge in [-0.15, -0.1) is 11.3 Å².